The minimum Gasteiger partial charge on any atom is -0.343 e. The highest BCUT2D eigenvalue weighted by atomic mass is 15.6. The van der Waals surface area contributed by atoms with Crippen LogP contribution in [-0.2, 0) is 0 Å². The van der Waals surface area contributed by atoms with E-state index in [9.17, 15) is 0 Å². The van der Waals surface area contributed by atoms with Gasteiger partial charge in [-0.1, -0.05) is 121 Å². The van der Waals surface area contributed by atoms with E-state index in [0.29, 0.717) is 5.92 Å². The topological polar surface area (TPSA) is 40.0 Å². The van der Waals surface area contributed by atoms with E-state index >= 15 is 0 Å². The van der Waals surface area contributed by atoms with Gasteiger partial charge in [0.15, 0.2) is 5.84 Å². The molecule has 4 aliphatic rings. The summed E-state index contributed by atoms with van der Waals surface area (Å²) < 4.78 is 0. The van der Waals surface area contributed by atoms with Crippen molar-refractivity contribution in [2.75, 3.05) is 0 Å². The number of aliphatic imine (C=N–C) groups is 1. The van der Waals surface area contributed by atoms with Crippen molar-refractivity contribution in [3.8, 4) is 0 Å². The molecule has 2 aliphatic carbocycles. The van der Waals surface area contributed by atoms with Crippen molar-refractivity contribution in [3.05, 3.63) is 148 Å². The molecule has 4 heteroatoms. The fraction of sp³-hybridized carbons (Fsp3) is 0.250. The average molecular weight is 579 g/mol. The van der Waals surface area contributed by atoms with Gasteiger partial charge in [-0.3, -0.25) is 10.0 Å². The van der Waals surface area contributed by atoms with Crippen LogP contribution in [0.5, 0.6) is 0 Å². The first-order valence-corrected chi connectivity index (χ1v) is 16.0. The Balaban J connectivity index is 1.31. The fourth-order valence-corrected chi connectivity index (χ4v) is 6.18. The molecule has 0 radical (unpaired) electrons. The molecule has 4 nitrogen and oxygen atoms in total. The van der Waals surface area contributed by atoms with Crippen LogP contribution < -0.4 is 15.8 Å². The second kappa shape index (κ2) is 14.2. The van der Waals surface area contributed by atoms with E-state index in [2.05, 4.69) is 152 Å². The van der Waals surface area contributed by atoms with Crippen LogP contribution in [0.15, 0.2) is 137 Å². The summed E-state index contributed by atoms with van der Waals surface area (Å²) in [6, 6.07) is 17.6. The van der Waals surface area contributed by atoms with Crippen LogP contribution in [0.4, 0.5) is 0 Å². The zero-order chi connectivity index (χ0) is 30.1. The number of hydrogen-bond acceptors (Lipinski definition) is 4. The summed E-state index contributed by atoms with van der Waals surface area (Å²) in [5.74, 6) is 1.28. The third kappa shape index (κ3) is 6.75. The van der Waals surface area contributed by atoms with Crippen molar-refractivity contribution in [2.45, 2.75) is 58.2 Å². The molecule has 0 bridgehead atoms. The molecule has 44 heavy (non-hydrogen) atoms. The normalized spacial score (nSPS) is 26.3. The van der Waals surface area contributed by atoms with Gasteiger partial charge in [0.05, 0.1) is 11.7 Å². The molecule has 2 aromatic rings. The van der Waals surface area contributed by atoms with Crippen molar-refractivity contribution in [3.63, 3.8) is 0 Å². The lowest BCUT2D eigenvalue weighted by Crippen LogP contribution is -2.43. The summed E-state index contributed by atoms with van der Waals surface area (Å²) in [5.41, 5.74) is 5.90. The molecule has 222 valence electrons. The summed E-state index contributed by atoms with van der Waals surface area (Å²) in [5, 5.41) is 13.8. The maximum absolute atomic E-state index is 5.23. The van der Waals surface area contributed by atoms with Crippen molar-refractivity contribution >= 4 is 29.8 Å². The minimum absolute atomic E-state index is 0.0482. The molecule has 3 atom stereocenters. The third-order valence-corrected chi connectivity index (χ3v) is 8.63. The predicted octanol–water partition coefficient (Wildman–Crippen LogP) is 7.35. The summed E-state index contributed by atoms with van der Waals surface area (Å²) in [7, 11) is 0. The maximum Gasteiger partial charge on any atom is 0.155 e. The largest absolute Gasteiger partial charge is 0.343 e. The third-order valence-electron chi connectivity index (χ3n) is 8.63. The molecule has 2 heterocycles. The molecular formula is C40H42N4. The number of fused-ring (bicyclic) bond motifs is 1. The van der Waals surface area contributed by atoms with E-state index in [1.54, 1.807) is 0 Å². The first-order chi connectivity index (χ1) is 21.7. The number of allylic oxidation sites excluding steroid dienone is 11. The maximum atomic E-state index is 5.23. The Kier molecular flexibility index (Phi) is 9.47. The molecule has 2 aromatic carbocycles. The monoisotopic (exact) mass is 578 g/mol. The van der Waals surface area contributed by atoms with Gasteiger partial charge in [0.2, 0.25) is 0 Å². The lowest BCUT2D eigenvalue weighted by Gasteiger charge is -2.29. The summed E-state index contributed by atoms with van der Waals surface area (Å²) in [6.45, 7) is 4.37. The van der Waals surface area contributed by atoms with Gasteiger partial charge in [0.25, 0.3) is 0 Å². The van der Waals surface area contributed by atoms with Gasteiger partial charge in [-0.05, 0) is 73.6 Å². The van der Waals surface area contributed by atoms with Crippen LogP contribution in [0.3, 0.4) is 0 Å². The van der Waals surface area contributed by atoms with Gasteiger partial charge in [0.1, 0.15) is 6.17 Å². The zero-order valence-corrected chi connectivity index (χ0v) is 25.8. The van der Waals surface area contributed by atoms with Gasteiger partial charge in [-0.2, -0.15) is 5.10 Å². The number of hydrazone groups is 1. The van der Waals surface area contributed by atoms with Gasteiger partial charge >= 0.3 is 0 Å². The van der Waals surface area contributed by atoms with Crippen LogP contribution in [0.25, 0.3) is 17.7 Å². The molecule has 6 rings (SSSR count). The standard InChI is InChI=1S/C40H42N4/c1-3-31-16-11-12-17-32(31)24-23-30(2)44-40(36-19-9-7-5-4-6-8-10-20-36)42-39(43-44)35-27-25-33(26-28-35)37-22-14-13-18-34-21-15-29-41-38(34)37/h3-7,10-12,14-17,19-22,24-30,34,40H,8-9,13,18,23H2,1-2H3,(H,42,43)/b6-4-,7-5-,20-10-,31-3-,32-24-,36-19+. The number of rotatable bonds is 6. The van der Waals surface area contributed by atoms with Crippen molar-refractivity contribution < 1.29 is 0 Å². The van der Waals surface area contributed by atoms with E-state index in [0.717, 1.165) is 43.5 Å². The zero-order valence-electron chi connectivity index (χ0n) is 25.8. The number of nitrogens with zero attached hydrogens (tertiary/aromatic N) is 3. The van der Waals surface area contributed by atoms with Crippen LogP contribution in [-0.4, -0.2) is 29.3 Å². The quantitative estimate of drug-likeness (QED) is 0.390. The van der Waals surface area contributed by atoms with E-state index < -0.39 is 0 Å². The average Bonchev–Trinajstić information content (AvgIpc) is 3.41. The highest BCUT2D eigenvalue weighted by Gasteiger charge is 2.31. The lowest BCUT2D eigenvalue weighted by molar-refractivity contribution is 0.187. The molecule has 3 unspecified atom stereocenters. The SMILES string of the molecule is C/C=c1/cccc/c1=C/CC(C)N1N=C(c2ccc(C3=C4N=CC=CC4CCC=C3)cc2)NC1C1=C/C/C=C\C=C/C/C=C\1. The Hall–Kier alpha value is -4.70. The van der Waals surface area contributed by atoms with E-state index in [1.807, 2.05) is 6.21 Å². The van der Waals surface area contributed by atoms with Gasteiger partial charge in [-0.25, -0.2) is 0 Å². The molecule has 0 fully saturated rings. The van der Waals surface area contributed by atoms with Gasteiger partial charge in [0, 0.05) is 23.3 Å². The van der Waals surface area contributed by atoms with E-state index in [1.165, 1.54) is 32.8 Å². The van der Waals surface area contributed by atoms with Crippen LogP contribution in [0.1, 0.15) is 57.1 Å². The minimum atomic E-state index is -0.0482. The molecular weight excluding hydrogens is 536 g/mol. The molecule has 0 aromatic heterocycles. The van der Waals surface area contributed by atoms with Gasteiger partial charge < -0.3 is 5.32 Å². The molecule has 1 N–H and O–H groups in total. The highest BCUT2D eigenvalue weighted by molar-refractivity contribution is 6.00. The molecule has 0 amide bonds. The summed E-state index contributed by atoms with van der Waals surface area (Å²) in [4.78, 5) is 4.78. The molecule has 0 spiro atoms. The van der Waals surface area contributed by atoms with Gasteiger partial charge in [-0.15, -0.1) is 0 Å². The summed E-state index contributed by atoms with van der Waals surface area (Å²) >= 11 is 0. The highest BCUT2D eigenvalue weighted by Crippen LogP contribution is 2.34. The smallest absolute Gasteiger partial charge is 0.155 e. The Labute approximate surface area is 262 Å². The number of benzene rings is 2. The molecule has 2 aliphatic heterocycles. The predicted molar refractivity (Wildman–Crippen MR) is 187 cm³/mol. The Morgan fingerprint density at radius 2 is 1.70 bits per heavy atom. The lowest BCUT2D eigenvalue weighted by atomic mass is 9.93. The van der Waals surface area contributed by atoms with E-state index in [4.69, 9.17) is 10.1 Å². The van der Waals surface area contributed by atoms with Crippen molar-refractivity contribution in [2.24, 2.45) is 16.0 Å². The number of amidine groups is 1. The Morgan fingerprint density at radius 1 is 0.909 bits per heavy atom. The summed E-state index contributed by atoms with van der Waals surface area (Å²) in [6.07, 6.45) is 35.6. The number of dihydropyridines is 1. The fourth-order valence-electron chi connectivity index (χ4n) is 6.18. The Bertz CT molecular complexity index is 1740. The Morgan fingerprint density at radius 3 is 2.55 bits per heavy atom. The van der Waals surface area contributed by atoms with Crippen molar-refractivity contribution in [1.82, 2.24) is 10.3 Å². The van der Waals surface area contributed by atoms with Crippen LogP contribution in [0, 0.1) is 5.92 Å². The second-order valence-corrected chi connectivity index (χ2v) is 11.6. The molecule has 0 saturated carbocycles. The van der Waals surface area contributed by atoms with Crippen molar-refractivity contribution in [1.29, 1.82) is 0 Å². The van der Waals surface area contributed by atoms with Crippen LogP contribution >= 0.6 is 0 Å². The molecule has 0 saturated heterocycles. The second-order valence-electron chi connectivity index (χ2n) is 11.6. The first kappa shape index (κ1) is 29.4. The van der Waals surface area contributed by atoms with Crippen LogP contribution in [0.2, 0.25) is 0 Å². The number of hydrogen-bond donors (Lipinski definition) is 1. The first-order valence-electron chi connectivity index (χ1n) is 16.0. The van der Waals surface area contributed by atoms with E-state index in [-0.39, 0.29) is 12.2 Å². The number of nitrogens with one attached hydrogen (secondary N) is 1.